The summed E-state index contributed by atoms with van der Waals surface area (Å²) in [6, 6.07) is 6.15. The summed E-state index contributed by atoms with van der Waals surface area (Å²) in [7, 11) is -3.46. The number of nitriles is 1. The Morgan fingerprint density at radius 2 is 2.00 bits per heavy atom. The van der Waals surface area contributed by atoms with E-state index < -0.39 is 10.0 Å². The highest BCUT2D eigenvalue weighted by molar-refractivity contribution is 7.90. The molecule has 0 spiro atoms. The van der Waals surface area contributed by atoms with Gasteiger partial charge in [-0.3, -0.25) is 4.68 Å². The predicted octanol–water partition coefficient (Wildman–Crippen LogP) is 3.10. The number of aromatic nitrogens is 7. The van der Waals surface area contributed by atoms with Crippen molar-refractivity contribution in [2.24, 2.45) is 5.92 Å². The van der Waals surface area contributed by atoms with Crippen molar-refractivity contribution in [1.29, 1.82) is 5.26 Å². The maximum absolute atomic E-state index is 12.5. The molecule has 0 aromatic carbocycles. The third-order valence-corrected chi connectivity index (χ3v) is 8.70. The molecular weight excluding hydrogens is 492 g/mol. The molecule has 1 saturated heterocycles. The van der Waals surface area contributed by atoms with Gasteiger partial charge < -0.3 is 10.2 Å². The van der Waals surface area contributed by atoms with Gasteiger partial charge in [-0.1, -0.05) is 0 Å². The molecule has 1 aliphatic carbocycles. The van der Waals surface area contributed by atoms with Crippen molar-refractivity contribution in [2.75, 3.05) is 23.3 Å². The molecule has 2 aliphatic rings. The lowest BCUT2D eigenvalue weighted by molar-refractivity contribution is 0.549. The normalized spacial score (nSPS) is 18.0. The van der Waals surface area contributed by atoms with Gasteiger partial charge >= 0.3 is 0 Å². The Kier molecular flexibility index (Phi) is 5.56. The number of pyridine rings is 1. The number of nitrogens with zero attached hydrogens (tertiary/aromatic N) is 9. The van der Waals surface area contributed by atoms with E-state index in [-0.39, 0.29) is 17.2 Å². The van der Waals surface area contributed by atoms with E-state index in [9.17, 15) is 13.7 Å². The zero-order chi connectivity index (χ0) is 25.7. The zero-order valence-corrected chi connectivity index (χ0v) is 21.3. The Balaban J connectivity index is 1.28. The number of hydrogen-bond donors (Lipinski definition) is 1. The largest absolute Gasteiger partial charge is 0.353 e. The minimum atomic E-state index is -3.46. The van der Waals surface area contributed by atoms with Gasteiger partial charge in [-0.25, -0.2) is 23.4 Å². The standard InChI is InChI=1S/C24H26N10O2S/c1-15(2)34-20-9-22(27-12-19(20)24(31-34)32-8-6-16(10-25)13-32)29-21-5-7-26-23(30-21)17-11-28-33(14-17)37(35,36)18-3-4-18/h5,7,9,11-12,14-16,18H,3-4,6,8,13H2,1-2H3,(H,26,27,29,30). The van der Waals surface area contributed by atoms with E-state index >= 15 is 0 Å². The monoisotopic (exact) mass is 518 g/mol. The molecule has 1 atom stereocenters. The summed E-state index contributed by atoms with van der Waals surface area (Å²) in [4.78, 5) is 15.6. The number of nitrogens with one attached hydrogen (secondary N) is 1. The van der Waals surface area contributed by atoms with Crippen LogP contribution in [0.3, 0.4) is 0 Å². The first kappa shape index (κ1) is 23.4. The van der Waals surface area contributed by atoms with Crippen LogP contribution in [0, 0.1) is 17.2 Å². The molecule has 12 nitrogen and oxygen atoms in total. The lowest BCUT2D eigenvalue weighted by Gasteiger charge is -2.14. The van der Waals surface area contributed by atoms with E-state index in [0.29, 0.717) is 42.4 Å². The molecule has 1 aliphatic heterocycles. The first-order valence-corrected chi connectivity index (χ1v) is 13.8. The van der Waals surface area contributed by atoms with Crippen LogP contribution in [0.2, 0.25) is 0 Å². The molecular formula is C24H26N10O2S. The van der Waals surface area contributed by atoms with Crippen LogP contribution in [0.25, 0.3) is 22.3 Å². The second-order valence-electron chi connectivity index (χ2n) is 9.75. The van der Waals surface area contributed by atoms with Crippen molar-refractivity contribution < 1.29 is 8.42 Å². The highest BCUT2D eigenvalue weighted by atomic mass is 32.2. The van der Waals surface area contributed by atoms with E-state index in [4.69, 9.17) is 5.10 Å². The smallest absolute Gasteiger partial charge is 0.256 e. The quantitative estimate of drug-likeness (QED) is 0.387. The van der Waals surface area contributed by atoms with Crippen LogP contribution in [-0.4, -0.2) is 60.7 Å². The van der Waals surface area contributed by atoms with Crippen LogP contribution in [0.1, 0.15) is 39.2 Å². The first-order valence-electron chi connectivity index (χ1n) is 12.3. The average molecular weight is 519 g/mol. The molecule has 1 saturated carbocycles. The Labute approximate surface area is 214 Å². The lowest BCUT2D eigenvalue weighted by Crippen LogP contribution is -2.20. The summed E-state index contributed by atoms with van der Waals surface area (Å²) in [5, 5.41) is 22.0. The fourth-order valence-electron chi connectivity index (χ4n) is 4.55. The highest BCUT2D eigenvalue weighted by Gasteiger charge is 2.37. The fourth-order valence-corrected chi connectivity index (χ4v) is 6.02. The molecule has 4 aromatic heterocycles. The number of hydrogen-bond acceptors (Lipinski definition) is 10. The van der Waals surface area contributed by atoms with Gasteiger partial charge in [0, 0.05) is 37.6 Å². The van der Waals surface area contributed by atoms with E-state index in [1.807, 2.05) is 10.7 Å². The summed E-state index contributed by atoms with van der Waals surface area (Å²) in [6.07, 6.45) is 8.48. The van der Waals surface area contributed by atoms with Crippen LogP contribution >= 0.6 is 0 Å². The van der Waals surface area contributed by atoms with Gasteiger partial charge in [-0.05, 0) is 39.2 Å². The van der Waals surface area contributed by atoms with Crippen molar-refractivity contribution >= 4 is 38.4 Å². The maximum atomic E-state index is 12.5. The second kappa shape index (κ2) is 8.81. The Morgan fingerprint density at radius 3 is 2.73 bits per heavy atom. The summed E-state index contributed by atoms with van der Waals surface area (Å²) in [6.45, 7) is 5.62. The van der Waals surface area contributed by atoms with E-state index in [2.05, 4.69) is 50.2 Å². The predicted molar refractivity (Wildman–Crippen MR) is 138 cm³/mol. The van der Waals surface area contributed by atoms with E-state index in [1.54, 1.807) is 18.5 Å². The molecule has 0 amide bonds. The third-order valence-electron chi connectivity index (χ3n) is 6.67. The van der Waals surface area contributed by atoms with Crippen LogP contribution < -0.4 is 10.2 Å². The van der Waals surface area contributed by atoms with Gasteiger partial charge in [0.1, 0.15) is 11.6 Å². The van der Waals surface area contributed by atoms with Gasteiger partial charge in [0.25, 0.3) is 10.0 Å². The van der Waals surface area contributed by atoms with Gasteiger partial charge in [0.15, 0.2) is 11.6 Å². The van der Waals surface area contributed by atoms with Gasteiger partial charge in [-0.2, -0.15) is 19.5 Å². The Bertz CT molecular complexity index is 1630. The van der Waals surface area contributed by atoms with Crippen LogP contribution in [0.4, 0.5) is 17.5 Å². The highest BCUT2D eigenvalue weighted by Crippen LogP contribution is 2.33. The van der Waals surface area contributed by atoms with Crippen LogP contribution in [0.15, 0.2) is 36.9 Å². The number of rotatable bonds is 7. The SMILES string of the molecule is CC(C)n1nc(N2CCC(C#N)C2)c2cnc(Nc3ccnc(-c4cnn(S(=O)(=O)C5CC5)c4)n3)cc21. The van der Waals surface area contributed by atoms with E-state index in [0.717, 1.165) is 33.8 Å². The Hall–Kier alpha value is -4.05. The molecule has 4 aromatic rings. The second-order valence-corrected chi connectivity index (χ2v) is 11.8. The molecule has 0 radical (unpaired) electrons. The minimum Gasteiger partial charge on any atom is -0.353 e. The van der Waals surface area contributed by atoms with Gasteiger partial charge in [0.05, 0.1) is 46.1 Å². The topological polar surface area (TPSA) is 148 Å². The molecule has 190 valence electrons. The minimum absolute atomic E-state index is 0.0148. The molecule has 6 rings (SSSR count). The lowest BCUT2D eigenvalue weighted by atomic mass is 10.1. The zero-order valence-electron chi connectivity index (χ0n) is 20.5. The first-order chi connectivity index (χ1) is 17.8. The summed E-state index contributed by atoms with van der Waals surface area (Å²) in [5.74, 6) is 2.33. The molecule has 1 unspecified atom stereocenters. The average Bonchev–Trinajstić information content (AvgIpc) is 3.29. The molecule has 13 heteroatoms. The molecule has 2 fully saturated rings. The van der Waals surface area contributed by atoms with Crippen molar-refractivity contribution in [3.05, 3.63) is 36.9 Å². The van der Waals surface area contributed by atoms with Crippen LogP contribution in [-0.2, 0) is 10.0 Å². The summed E-state index contributed by atoms with van der Waals surface area (Å²) in [5.41, 5.74) is 1.45. The third kappa shape index (κ3) is 4.27. The van der Waals surface area contributed by atoms with Crippen LogP contribution in [0.5, 0.6) is 0 Å². The summed E-state index contributed by atoms with van der Waals surface area (Å²) < 4.78 is 27.9. The van der Waals surface area contributed by atoms with E-state index in [1.165, 1.54) is 12.4 Å². The Morgan fingerprint density at radius 1 is 1.16 bits per heavy atom. The molecule has 37 heavy (non-hydrogen) atoms. The number of anilines is 3. The molecule has 5 heterocycles. The van der Waals surface area contributed by atoms with Crippen molar-refractivity contribution in [3.63, 3.8) is 0 Å². The fraction of sp³-hybridized carbons (Fsp3) is 0.417. The molecule has 0 bridgehead atoms. The number of fused-ring (bicyclic) bond motifs is 1. The van der Waals surface area contributed by atoms with Crippen molar-refractivity contribution in [2.45, 2.75) is 44.4 Å². The summed E-state index contributed by atoms with van der Waals surface area (Å²) >= 11 is 0. The van der Waals surface area contributed by atoms with Gasteiger partial charge in [0.2, 0.25) is 0 Å². The maximum Gasteiger partial charge on any atom is 0.256 e. The van der Waals surface area contributed by atoms with Crippen molar-refractivity contribution in [3.8, 4) is 17.5 Å². The van der Waals surface area contributed by atoms with Crippen molar-refractivity contribution in [1.82, 2.24) is 33.9 Å². The molecule has 1 N–H and O–H groups in total. The van der Waals surface area contributed by atoms with Gasteiger partial charge in [-0.15, -0.1) is 0 Å².